The Labute approximate surface area is 128 Å². The highest BCUT2D eigenvalue weighted by Crippen LogP contribution is 2.25. The second-order valence-electron chi connectivity index (χ2n) is 5.80. The Hall–Kier alpha value is -1.05. The van der Waals surface area contributed by atoms with Crippen molar-refractivity contribution in [2.75, 3.05) is 26.2 Å². The number of aliphatic hydroxyl groups is 1. The first-order valence-electron chi connectivity index (χ1n) is 7.73. The Bertz CT molecular complexity index is 499. The van der Waals surface area contributed by atoms with Gasteiger partial charge >= 0.3 is 0 Å². The summed E-state index contributed by atoms with van der Waals surface area (Å²) < 4.78 is 3.90. The van der Waals surface area contributed by atoms with Crippen LogP contribution < -0.4 is 0 Å². The van der Waals surface area contributed by atoms with Crippen LogP contribution in [0.1, 0.15) is 41.6 Å². The normalized spacial score (nSPS) is 27.2. The van der Waals surface area contributed by atoms with Crippen molar-refractivity contribution in [1.82, 2.24) is 19.4 Å². The van der Waals surface area contributed by atoms with Crippen molar-refractivity contribution in [3.05, 3.63) is 10.6 Å². The highest BCUT2D eigenvalue weighted by Gasteiger charge is 2.34. The first-order valence-corrected chi connectivity index (χ1v) is 8.50. The molecule has 116 valence electrons. The van der Waals surface area contributed by atoms with Crippen LogP contribution in [0.25, 0.3) is 0 Å². The molecule has 1 aliphatic heterocycles. The zero-order valence-corrected chi connectivity index (χ0v) is 13.2. The van der Waals surface area contributed by atoms with E-state index in [4.69, 9.17) is 0 Å². The lowest BCUT2D eigenvalue weighted by atomic mass is 10.1. The summed E-state index contributed by atoms with van der Waals surface area (Å²) in [5, 5.41) is 14.0. The Kier molecular flexibility index (Phi) is 4.51. The van der Waals surface area contributed by atoms with Crippen LogP contribution in [-0.4, -0.2) is 68.7 Å². The van der Waals surface area contributed by atoms with Gasteiger partial charge in [-0.3, -0.25) is 9.69 Å². The highest BCUT2D eigenvalue weighted by atomic mass is 32.1. The zero-order valence-electron chi connectivity index (χ0n) is 12.4. The molecular formula is C14H22N4O2S. The third-order valence-corrected chi connectivity index (χ3v) is 5.36. The third kappa shape index (κ3) is 2.95. The predicted molar refractivity (Wildman–Crippen MR) is 80.4 cm³/mol. The van der Waals surface area contributed by atoms with Gasteiger partial charge in [-0.25, -0.2) is 0 Å². The minimum absolute atomic E-state index is 0.0634. The summed E-state index contributed by atoms with van der Waals surface area (Å²) in [7, 11) is 0. The SMILES string of the molecule is CCc1nnsc1C(=O)N1CCN([C@H]2CCC[C@@H]2O)CC1. The van der Waals surface area contributed by atoms with E-state index in [0.717, 1.165) is 57.6 Å². The Morgan fingerprint density at radius 2 is 2.10 bits per heavy atom. The highest BCUT2D eigenvalue weighted by molar-refractivity contribution is 7.08. The Balaban J connectivity index is 1.59. The molecule has 1 N–H and O–H groups in total. The van der Waals surface area contributed by atoms with E-state index in [9.17, 15) is 9.90 Å². The van der Waals surface area contributed by atoms with Gasteiger partial charge in [-0.15, -0.1) is 5.10 Å². The summed E-state index contributed by atoms with van der Waals surface area (Å²) in [4.78, 5) is 17.4. The standard InChI is InChI=1S/C14H22N4O2S/c1-2-10-13(21-16-15-10)14(20)18-8-6-17(7-9-18)11-4-3-5-12(11)19/h11-12,19H,2-9H2,1H3/t11-,12-/m0/s1. The number of carbonyl (C=O) groups excluding carboxylic acids is 1. The maximum Gasteiger partial charge on any atom is 0.267 e. The first kappa shape index (κ1) is 14.9. The van der Waals surface area contributed by atoms with Gasteiger partial charge in [0.1, 0.15) is 4.88 Å². The molecule has 2 heterocycles. The number of nitrogens with zero attached hydrogens (tertiary/aromatic N) is 4. The van der Waals surface area contributed by atoms with Gasteiger partial charge in [0, 0.05) is 32.2 Å². The van der Waals surface area contributed by atoms with Gasteiger partial charge in [0.2, 0.25) is 0 Å². The predicted octanol–water partition coefficient (Wildman–Crippen LogP) is 0.772. The number of hydrogen-bond acceptors (Lipinski definition) is 6. The van der Waals surface area contributed by atoms with E-state index < -0.39 is 0 Å². The molecular weight excluding hydrogens is 288 g/mol. The molecule has 1 aromatic heterocycles. The Morgan fingerprint density at radius 3 is 2.71 bits per heavy atom. The third-order valence-electron chi connectivity index (χ3n) is 4.60. The zero-order chi connectivity index (χ0) is 14.8. The minimum Gasteiger partial charge on any atom is -0.391 e. The summed E-state index contributed by atoms with van der Waals surface area (Å²) in [6, 6.07) is 0.290. The fourth-order valence-corrected chi connectivity index (χ4v) is 4.07. The molecule has 1 saturated heterocycles. The van der Waals surface area contributed by atoms with Gasteiger partial charge in [0.25, 0.3) is 5.91 Å². The van der Waals surface area contributed by atoms with Crippen molar-refractivity contribution < 1.29 is 9.90 Å². The second-order valence-corrected chi connectivity index (χ2v) is 6.55. The molecule has 1 aliphatic carbocycles. The van der Waals surface area contributed by atoms with Crippen molar-refractivity contribution >= 4 is 17.4 Å². The fraction of sp³-hybridized carbons (Fsp3) is 0.786. The van der Waals surface area contributed by atoms with Crippen LogP contribution in [0.5, 0.6) is 0 Å². The largest absolute Gasteiger partial charge is 0.391 e. The van der Waals surface area contributed by atoms with E-state index in [2.05, 4.69) is 14.5 Å². The molecule has 1 saturated carbocycles. The number of aryl methyl sites for hydroxylation is 1. The molecule has 2 aliphatic rings. The van der Waals surface area contributed by atoms with Crippen LogP contribution >= 0.6 is 11.5 Å². The van der Waals surface area contributed by atoms with Crippen LogP contribution in [0.3, 0.4) is 0 Å². The molecule has 0 aromatic carbocycles. The van der Waals surface area contributed by atoms with Crippen LogP contribution in [0.15, 0.2) is 0 Å². The molecule has 0 radical (unpaired) electrons. The second kappa shape index (κ2) is 6.37. The fourth-order valence-electron chi connectivity index (χ4n) is 3.35. The lowest BCUT2D eigenvalue weighted by molar-refractivity contribution is 0.0317. The summed E-state index contributed by atoms with van der Waals surface area (Å²) >= 11 is 1.20. The van der Waals surface area contributed by atoms with E-state index in [1.165, 1.54) is 11.5 Å². The summed E-state index contributed by atoms with van der Waals surface area (Å²) in [6.45, 7) is 5.14. The maximum atomic E-state index is 12.5. The lowest BCUT2D eigenvalue weighted by Gasteiger charge is -2.38. The number of carbonyl (C=O) groups is 1. The Morgan fingerprint density at radius 1 is 1.33 bits per heavy atom. The number of amides is 1. The first-order chi connectivity index (χ1) is 10.2. The smallest absolute Gasteiger partial charge is 0.267 e. The van der Waals surface area contributed by atoms with Crippen molar-refractivity contribution in [2.24, 2.45) is 0 Å². The van der Waals surface area contributed by atoms with E-state index >= 15 is 0 Å². The lowest BCUT2D eigenvalue weighted by Crippen LogP contribution is -2.53. The quantitative estimate of drug-likeness (QED) is 0.893. The molecule has 3 rings (SSSR count). The summed E-state index contributed by atoms with van der Waals surface area (Å²) in [5.74, 6) is 0.0634. The average Bonchev–Trinajstić information content (AvgIpc) is 3.15. The van der Waals surface area contributed by atoms with Gasteiger partial charge in [-0.1, -0.05) is 11.4 Å². The van der Waals surface area contributed by atoms with Crippen molar-refractivity contribution in [1.29, 1.82) is 0 Å². The van der Waals surface area contributed by atoms with E-state index in [1.807, 2.05) is 11.8 Å². The summed E-state index contributed by atoms with van der Waals surface area (Å²) in [5.41, 5.74) is 0.804. The number of hydrogen-bond donors (Lipinski definition) is 1. The van der Waals surface area contributed by atoms with E-state index in [0.29, 0.717) is 10.9 Å². The van der Waals surface area contributed by atoms with Crippen molar-refractivity contribution in [2.45, 2.75) is 44.8 Å². The van der Waals surface area contributed by atoms with Gasteiger partial charge in [-0.05, 0) is 37.2 Å². The van der Waals surface area contributed by atoms with Crippen molar-refractivity contribution in [3.63, 3.8) is 0 Å². The molecule has 21 heavy (non-hydrogen) atoms. The molecule has 2 atom stereocenters. The molecule has 0 unspecified atom stereocenters. The number of aromatic nitrogens is 2. The van der Waals surface area contributed by atoms with Crippen LogP contribution in [0, 0.1) is 0 Å². The molecule has 0 bridgehead atoms. The van der Waals surface area contributed by atoms with Crippen molar-refractivity contribution in [3.8, 4) is 0 Å². The molecule has 1 aromatic rings. The summed E-state index contributed by atoms with van der Waals surface area (Å²) in [6.07, 6.45) is 3.65. The number of aliphatic hydroxyl groups excluding tert-OH is 1. The van der Waals surface area contributed by atoms with Gasteiger partial charge in [-0.2, -0.15) is 0 Å². The van der Waals surface area contributed by atoms with E-state index in [-0.39, 0.29) is 12.0 Å². The van der Waals surface area contributed by atoms with Gasteiger partial charge in [0.15, 0.2) is 0 Å². The number of rotatable bonds is 3. The van der Waals surface area contributed by atoms with Crippen LogP contribution in [0.4, 0.5) is 0 Å². The molecule has 2 fully saturated rings. The van der Waals surface area contributed by atoms with Gasteiger partial charge < -0.3 is 10.0 Å². The molecule has 1 amide bonds. The van der Waals surface area contributed by atoms with E-state index in [1.54, 1.807) is 0 Å². The molecule has 6 nitrogen and oxygen atoms in total. The van der Waals surface area contributed by atoms with Gasteiger partial charge in [0.05, 0.1) is 11.8 Å². The maximum absolute atomic E-state index is 12.5. The monoisotopic (exact) mass is 310 g/mol. The minimum atomic E-state index is -0.190. The van der Waals surface area contributed by atoms with Crippen LogP contribution in [-0.2, 0) is 6.42 Å². The number of piperazine rings is 1. The molecule has 0 spiro atoms. The topological polar surface area (TPSA) is 69.6 Å². The average molecular weight is 310 g/mol. The molecule has 7 heteroatoms. The van der Waals surface area contributed by atoms with Crippen LogP contribution in [0.2, 0.25) is 0 Å².